The van der Waals surface area contributed by atoms with E-state index < -0.39 is 17.7 Å². The van der Waals surface area contributed by atoms with Crippen molar-refractivity contribution in [2.45, 2.75) is 46.6 Å². The molecule has 1 unspecified atom stereocenters. The lowest BCUT2D eigenvalue weighted by molar-refractivity contribution is -0.139. The molecule has 0 spiro atoms. The van der Waals surface area contributed by atoms with Crippen molar-refractivity contribution in [2.75, 3.05) is 19.8 Å². The predicted molar refractivity (Wildman–Crippen MR) is 128 cm³/mol. The highest BCUT2D eigenvalue weighted by Crippen LogP contribution is 2.40. The summed E-state index contributed by atoms with van der Waals surface area (Å²) in [6.45, 7) is 9.59. The minimum Gasteiger partial charge on any atom is -0.507 e. The SMILES string of the molecule is CCCCN1C(=O)C(=O)/C(=C(\O)c2ccc(OCC(C)C)cc2)C1c1cccc(OCC)c1. The molecule has 1 aliphatic rings. The molecule has 1 heterocycles. The van der Waals surface area contributed by atoms with Gasteiger partial charge in [0.2, 0.25) is 0 Å². The molecule has 3 rings (SSSR count). The Balaban J connectivity index is 2.04. The van der Waals surface area contributed by atoms with E-state index in [1.54, 1.807) is 29.2 Å². The van der Waals surface area contributed by atoms with Gasteiger partial charge in [-0.1, -0.05) is 39.3 Å². The molecule has 6 nitrogen and oxygen atoms in total. The molecular formula is C27H33NO5. The molecular weight excluding hydrogens is 418 g/mol. The summed E-state index contributed by atoms with van der Waals surface area (Å²) in [5.74, 6) is 0.288. The molecule has 1 amide bonds. The zero-order chi connectivity index (χ0) is 24.0. The van der Waals surface area contributed by atoms with E-state index in [4.69, 9.17) is 9.47 Å². The molecule has 2 aromatic rings. The summed E-state index contributed by atoms with van der Waals surface area (Å²) in [4.78, 5) is 27.6. The van der Waals surface area contributed by atoms with Gasteiger partial charge in [0.05, 0.1) is 24.8 Å². The number of aliphatic hydroxyl groups is 1. The second-order valence-corrected chi connectivity index (χ2v) is 8.58. The van der Waals surface area contributed by atoms with Gasteiger partial charge >= 0.3 is 0 Å². The number of rotatable bonds is 10. The number of ketones is 1. The van der Waals surface area contributed by atoms with E-state index >= 15 is 0 Å². The average Bonchev–Trinajstić information content (AvgIpc) is 3.06. The first-order valence-corrected chi connectivity index (χ1v) is 11.6. The third kappa shape index (κ3) is 5.56. The number of aliphatic hydroxyl groups excluding tert-OH is 1. The van der Waals surface area contributed by atoms with Crippen LogP contribution >= 0.6 is 0 Å². The van der Waals surface area contributed by atoms with E-state index in [9.17, 15) is 14.7 Å². The quantitative estimate of drug-likeness (QED) is 0.300. The highest BCUT2D eigenvalue weighted by Gasteiger charge is 2.45. The Morgan fingerprint density at radius 3 is 2.39 bits per heavy atom. The van der Waals surface area contributed by atoms with Gasteiger partial charge < -0.3 is 19.5 Å². The summed E-state index contributed by atoms with van der Waals surface area (Å²) < 4.78 is 11.3. The second kappa shape index (κ2) is 11.0. The van der Waals surface area contributed by atoms with Gasteiger partial charge in [-0.2, -0.15) is 0 Å². The third-order valence-corrected chi connectivity index (χ3v) is 5.49. The number of amides is 1. The molecule has 33 heavy (non-hydrogen) atoms. The fraction of sp³-hybridized carbons (Fsp3) is 0.407. The molecule has 0 saturated carbocycles. The Labute approximate surface area is 195 Å². The summed E-state index contributed by atoms with van der Waals surface area (Å²) in [6.07, 6.45) is 1.64. The minimum atomic E-state index is -0.672. The van der Waals surface area contributed by atoms with E-state index in [1.165, 1.54) is 0 Å². The standard InChI is InChI=1S/C27H33NO5/c1-5-7-15-28-24(20-9-8-10-22(16-20)32-6-2)23(26(30)27(28)31)25(29)19-11-13-21(14-12-19)33-17-18(3)4/h8-14,16,18,24,29H,5-7,15,17H2,1-4H3/b25-23-. The molecule has 0 radical (unpaired) electrons. The maximum absolute atomic E-state index is 13.1. The molecule has 1 fully saturated rings. The van der Waals surface area contributed by atoms with Crippen LogP contribution in [0, 0.1) is 5.92 Å². The monoisotopic (exact) mass is 451 g/mol. The van der Waals surface area contributed by atoms with Crippen molar-refractivity contribution in [3.05, 3.63) is 65.2 Å². The lowest BCUT2D eigenvalue weighted by atomic mass is 9.95. The normalized spacial score (nSPS) is 17.6. The van der Waals surface area contributed by atoms with Gasteiger partial charge in [0.1, 0.15) is 17.3 Å². The van der Waals surface area contributed by atoms with Crippen molar-refractivity contribution in [3.8, 4) is 11.5 Å². The Bertz CT molecular complexity index is 1010. The fourth-order valence-electron chi connectivity index (χ4n) is 3.85. The van der Waals surface area contributed by atoms with Crippen LogP contribution in [0.4, 0.5) is 0 Å². The number of likely N-dealkylation sites (tertiary alicyclic amines) is 1. The van der Waals surface area contributed by atoms with E-state index in [0.29, 0.717) is 42.7 Å². The topological polar surface area (TPSA) is 76.1 Å². The molecule has 1 saturated heterocycles. The van der Waals surface area contributed by atoms with Crippen molar-refractivity contribution in [3.63, 3.8) is 0 Å². The third-order valence-electron chi connectivity index (χ3n) is 5.49. The van der Waals surface area contributed by atoms with Gasteiger partial charge in [-0.05, 0) is 61.2 Å². The average molecular weight is 452 g/mol. The molecule has 2 aromatic carbocycles. The van der Waals surface area contributed by atoms with Crippen molar-refractivity contribution in [1.29, 1.82) is 0 Å². The Kier molecular flexibility index (Phi) is 8.15. The van der Waals surface area contributed by atoms with Crippen molar-refractivity contribution in [2.24, 2.45) is 5.92 Å². The van der Waals surface area contributed by atoms with Crippen molar-refractivity contribution < 1.29 is 24.2 Å². The van der Waals surface area contributed by atoms with E-state index in [2.05, 4.69) is 13.8 Å². The van der Waals surface area contributed by atoms with E-state index in [1.807, 2.05) is 38.1 Å². The molecule has 0 aromatic heterocycles. The van der Waals surface area contributed by atoms with Crippen LogP contribution in [0.25, 0.3) is 5.76 Å². The fourth-order valence-corrected chi connectivity index (χ4v) is 3.85. The van der Waals surface area contributed by atoms with Crippen LogP contribution in [-0.4, -0.2) is 41.5 Å². The summed E-state index contributed by atoms with van der Waals surface area (Å²) in [7, 11) is 0. The second-order valence-electron chi connectivity index (χ2n) is 8.58. The lowest BCUT2D eigenvalue weighted by Crippen LogP contribution is -2.30. The molecule has 176 valence electrons. The molecule has 1 atom stereocenters. The highest BCUT2D eigenvalue weighted by atomic mass is 16.5. The zero-order valence-electron chi connectivity index (χ0n) is 19.8. The summed E-state index contributed by atoms with van der Waals surface area (Å²) in [5, 5.41) is 11.2. The zero-order valence-corrected chi connectivity index (χ0v) is 19.8. The van der Waals surface area contributed by atoms with Crippen LogP contribution in [0.2, 0.25) is 0 Å². The largest absolute Gasteiger partial charge is 0.507 e. The molecule has 1 aliphatic heterocycles. The van der Waals surface area contributed by atoms with E-state index in [0.717, 1.165) is 18.4 Å². The Morgan fingerprint density at radius 2 is 1.76 bits per heavy atom. The van der Waals surface area contributed by atoms with Gasteiger partial charge in [0.15, 0.2) is 0 Å². The van der Waals surface area contributed by atoms with Crippen LogP contribution in [0.3, 0.4) is 0 Å². The predicted octanol–water partition coefficient (Wildman–Crippen LogP) is 5.34. The van der Waals surface area contributed by atoms with Crippen LogP contribution in [-0.2, 0) is 9.59 Å². The first-order chi connectivity index (χ1) is 15.9. The minimum absolute atomic E-state index is 0.0978. The smallest absolute Gasteiger partial charge is 0.295 e. The highest BCUT2D eigenvalue weighted by molar-refractivity contribution is 6.46. The number of carbonyl (C=O) groups excluding carboxylic acids is 2. The van der Waals surface area contributed by atoms with Crippen LogP contribution < -0.4 is 9.47 Å². The van der Waals surface area contributed by atoms with Crippen molar-refractivity contribution in [1.82, 2.24) is 4.90 Å². The lowest BCUT2D eigenvalue weighted by Gasteiger charge is -2.25. The maximum atomic E-state index is 13.1. The van der Waals surface area contributed by atoms with Gasteiger partial charge in [-0.3, -0.25) is 9.59 Å². The van der Waals surface area contributed by atoms with Crippen LogP contribution in [0.1, 0.15) is 57.7 Å². The number of hydrogen-bond donors (Lipinski definition) is 1. The summed E-state index contributed by atoms with van der Waals surface area (Å²) in [6, 6.07) is 13.6. The molecule has 1 N–H and O–H groups in total. The van der Waals surface area contributed by atoms with Crippen LogP contribution in [0.5, 0.6) is 11.5 Å². The van der Waals surface area contributed by atoms with Gasteiger partial charge in [0, 0.05) is 12.1 Å². The Morgan fingerprint density at radius 1 is 1.03 bits per heavy atom. The number of unbranched alkanes of at least 4 members (excludes halogenated alkanes) is 1. The number of ether oxygens (including phenoxy) is 2. The number of Topliss-reactive ketones (excluding diaryl/α,β-unsaturated/α-hetero) is 1. The van der Waals surface area contributed by atoms with Gasteiger partial charge in [-0.25, -0.2) is 0 Å². The molecule has 6 heteroatoms. The van der Waals surface area contributed by atoms with Gasteiger partial charge in [0.25, 0.3) is 11.7 Å². The first kappa shape index (κ1) is 24.4. The molecule has 0 bridgehead atoms. The summed E-state index contributed by atoms with van der Waals surface area (Å²) in [5.41, 5.74) is 1.29. The summed E-state index contributed by atoms with van der Waals surface area (Å²) >= 11 is 0. The van der Waals surface area contributed by atoms with Gasteiger partial charge in [-0.15, -0.1) is 0 Å². The number of nitrogens with zero attached hydrogens (tertiary/aromatic N) is 1. The van der Waals surface area contributed by atoms with Crippen LogP contribution in [0.15, 0.2) is 54.1 Å². The molecule has 0 aliphatic carbocycles. The number of benzene rings is 2. The van der Waals surface area contributed by atoms with E-state index in [-0.39, 0.29) is 11.3 Å². The number of hydrogen-bond acceptors (Lipinski definition) is 5. The number of carbonyl (C=O) groups is 2. The van der Waals surface area contributed by atoms with Crippen molar-refractivity contribution >= 4 is 17.4 Å². The first-order valence-electron chi connectivity index (χ1n) is 11.6. The maximum Gasteiger partial charge on any atom is 0.295 e. The Hall–Kier alpha value is -3.28.